The number of hydrogen-bond donors (Lipinski definition) is 0. The van der Waals surface area contributed by atoms with Crippen molar-refractivity contribution in [1.82, 2.24) is 4.40 Å². The fraction of sp³-hybridized carbons (Fsp3) is 0. The Morgan fingerprint density at radius 2 is 1.22 bits per heavy atom. The van der Waals surface area contributed by atoms with Crippen LogP contribution in [-0.4, -0.2) is 4.40 Å². The van der Waals surface area contributed by atoms with Gasteiger partial charge in [0.25, 0.3) is 0 Å². The van der Waals surface area contributed by atoms with Crippen LogP contribution in [0.25, 0.3) is 69.4 Å². The summed E-state index contributed by atoms with van der Waals surface area (Å²) in [5, 5.41) is 26.3. The number of nitriles is 2. The molecule has 0 aliphatic carbocycles. The van der Waals surface area contributed by atoms with E-state index in [0.29, 0.717) is 11.1 Å². The molecule has 0 radical (unpaired) electrons. The molecule has 0 saturated carbocycles. The van der Waals surface area contributed by atoms with E-state index in [1.54, 1.807) is 0 Å². The lowest BCUT2D eigenvalue weighted by Gasteiger charge is -2.07. The van der Waals surface area contributed by atoms with Gasteiger partial charge in [-0.05, 0) is 59.7 Å². The summed E-state index contributed by atoms with van der Waals surface area (Å²) < 4.78 is 4.80. The van der Waals surface area contributed by atoms with E-state index in [4.69, 9.17) is 0 Å². The van der Waals surface area contributed by atoms with Crippen LogP contribution in [0.2, 0.25) is 0 Å². The van der Waals surface area contributed by atoms with Gasteiger partial charge in [-0.15, -0.1) is 11.3 Å². The smallest absolute Gasteiger partial charge is 0.0992 e. The number of benzene rings is 5. The van der Waals surface area contributed by atoms with Crippen molar-refractivity contribution in [3.8, 4) is 23.3 Å². The van der Waals surface area contributed by atoms with Crippen molar-refractivity contribution in [1.29, 1.82) is 10.5 Å². The van der Waals surface area contributed by atoms with Crippen LogP contribution in [-0.2, 0) is 0 Å². The first-order valence-electron chi connectivity index (χ1n) is 11.7. The van der Waals surface area contributed by atoms with E-state index in [0.717, 1.165) is 38.1 Å². The summed E-state index contributed by atoms with van der Waals surface area (Å²) in [5.41, 5.74) is 6.78. The lowest BCUT2D eigenvalue weighted by atomic mass is 9.95. The van der Waals surface area contributed by atoms with E-state index in [1.807, 2.05) is 35.6 Å². The number of thiophene rings is 1. The normalized spacial score (nSPS) is 11.8. The molecule has 3 aromatic heterocycles. The zero-order valence-electron chi connectivity index (χ0n) is 18.9. The fourth-order valence-corrected chi connectivity index (χ4v) is 6.99. The van der Waals surface area contributed by atoms with Crippen LogP contribution in [0, 0.1) is 22.7 Å². The minimum atomic E-state index is 0.628. The Kier molecular flexibility index (Phi) is 3.68. The molecular formula is C32H15N3S. The van der Waals surface area contributed by atoms with Gasteiger partial charge in [-0.1, -0.05) is 42.5 Å². The molecule has 8 aromatic rings. The predicted molar refractivity (Wildman–Crippen MR) is 149 cm³/mol. The predicted octanol–water partition coefficient (Wildman–Crippen LogP) is 8.61. The van der Waals surface area contributed by atoms with Crippen molar-refractivity contribution < 1.29 is 0 Å². The van der Waals surface area contributed by atoms with Crippen LogP contribution in [0.4, 0.5) is 0 Å². The molecular weight excluding hydrogens is 458 g/mol. The van der Waals surface area contributed by atoms with Gasteiger partial charge in [-0.25, -0.2) is 0 Å². The molecule has 0 amide bonds. The molecule has 0 aliphatic heterocycles. The van der Waals surface area contributed by atoms with Gasteiger partial charge in [0.2, 0.25) is 0 Å². The van der Waals surface area contributed by atoms with Gasteiger partial charge in [-0.3, -0.25) is 0 Å². The highest BCUT2D eigenvalue weighted by molar-refractivity contribution is 7.25. The van der Waals surface area contributed by atoms with Gasteiger partial charge in [0.05, 0.1) is 39.8 Å². The molecule has 0 N–H and O–H groups in total. The maximum absolute atomic E-state index is 9.58. The van der Waals surface area contributed by atoms with Gasteiger partial charge < -0.3 is 4.40 Å². The van der Waals surface area contributed by atoms with Crippen molar-refractivity contribution in [2.45, 2.75) is 0 Å². The SMILES string of the molecule is N#Cc1ccc2c3cc(-c4cccc5sc6ccccc6c45)cc4c5ccc(C#N)cc5n(c2c1)c34. The topological polar surface area (TPSA) is 52.0 Å². The summed E-state index contributed by atoms with van der Waals surface area (Å²) in [7, 11) is 0. The standard InChI is InChI=1S/C32H15N3S/c33-16-18-8-10-22-25-14-20(21-5-3-7-30-31(21)24-4-1-2-6-29(24)36-30)15-26-23-11-9-19(17-34)13-28(23)35(32(25)26)27(22)12-18/h1-15H. The van der Waals surface area contributed by atoms with Gasteiger partial charge in [0.1, 0.15) is 0 Å². The second-order valence-corrected chi connectivity index (χ2v) is 10.3. The first-order chi connectivity index (χ1) is 17.7. The third-order valence-electron chi connectivity index (χ3n) is 7.36. The summed E-state index contributed by atoms with van der Waals surface area (Å²) >= 11 is 1.83. The van der Waals surface area contributed by atoms with E-state index in [-0.39, 0.29) is 0 Å². The summed E-state index contributed by atoms with van der Waals surface area (Å²) in [4.78, 5) is 0. The van der Waals surface area contributed by atoms with E-state index < -0.39 is 0 Å². The van der Waals surface area contributed by atoms with Crippen LogP contribution in [0.1, 0.15) is 11.1 Å². The number of fused-ring (bicyclic) bond motifs is 9. The second kappa shape index (κ2) is 6.83. The molecule has 164 valence electrons. The highest BCUT2D eigenvalue weighted by atomic mass is 32.1. The molecule has 0 aliphatic rings. The lowest BCUT2D eigenvalue weighted by Crippen LogP contribution is -1.83. The van der Waals surface area contributed by atoms with Gasteiger partial charge in [0, 0.05) is 41.7 Å². The minimum absolute atomic E-state index is 0.628. The molecule has 5 aromatic carbocycles. The molecule has 3 heterocycles. The Balaban J connectivity index is 1.59. The molecule has 0 fully saturated rings. The highest BCUT2D eigenvalue weighted by Gasteiger charge is 2.20. The van der Waals surface area contributed by atoms with Crippen molar-refractivity contribution in [3.05, 3.63) is 102 Å². The van der Waals surface area contributed by atoms with Crippen molar-refractivity contribution in [2.75, 3.05) is 0 Å². The zero-order valence-corrected chi connectivity index (χ0v) is 19.7. The summed E-state index contributed by atoms with van der Waals surface area (Å²) in [5.74, 6) is 0. The summed E-state index contributed by atoms with van der Waals surface area (Å²) in [6.07, 6.45) is 0. The van der Waals surface area contributed by atoms with Crippen LogP contribution in [0.15, 0.2) is 91.0 Å². The third-order valence-corrected chi connectivity index (χ3v) is 8.50. The Bertz CT molecular complexity index is 2180. The summed E-state index contributed by atoms with van der Waals surface area (Å²) in [6, 6.07) is 36.1. The van der Waals surface area contributed by atoms with Gasteiger partial charge >= 0.3 is 0 Å². The summed E-state index contributed by atoms with van der Waals surface area (Å²) in [6.45, 7) is 0. The third kappa shape index (κ3) is 2.39. The van der Waals surface area contributed by atoms with Crippen molar-refractivity contribution in [3.63, 3.8) is 0 Å². The molecule has 4 heteroatoms. The molecule has 3 nitrogen and oxygen atoms in total. The lowest BCUT2D eigenvalue weighted by molar-refractivity contribution is 1.36. The average Bonchev–Trinajstić information content (AvgIpc) is 3.58. The number of aromatic nitrogens is 1. The molecule has 0 bridgehead atoms. The number of rotatable bonds is 1. The van der Waals surface area contributed by atoms with Crippen LogP contribution >= 0.6 is 11.3 Å². The molecule has 0 spiro atoms. The van der Waals surface area contributed by atoms with Crippen molar-refractivity contribution >= 4 is 69.6 Å². The first-order valence-corrected chi connectivity index (χ1v) is 12.5. The Morgan fingerprint density at radius 1 is 0.583 bits per heavy atom. The molecule has 0 unspecified atom stereocenters. The Morgan fingerprint density at radius 3 is 1.89 bits per heavy atom. The maximum Gasteiger partial charge on any atom is 0.0992 e. The average molecular weight is 474 g/mol. The van der Waals surface area contributed by atoms with E-state index >= 15 is 0 Å². The Hall–Kier alpha value is -4.90. The minimum Gasteiger partial charge on any atom is -0.308 e. The largest absolute Gasteiger partial charge is 0.308 e. The van der Waals surface area contributed by atoms with Crippen LogP contribution in [0.5, 0.6) is 0 Å². The van der Waals surface area contributed by atoms with Crippen LogP contribution < -0.4 is 0 Å². The zero-order chi connectivity index (χ0) is 24.0. The Labute approximate surface area is 209 Å². The molecule has 0 atom stereocenters. The molecule has 8 rings (SSSR count). The first kappa shape index (κ1) is 19.4. The van der Waals surface area contributed by atoms with Gasteiger partial charge in [0.15, 0.2) is 0 Å². The van der Waals surface area contributed by atoms with Gasteiger partial charge in [-0.2, -0.15) is 10.5 Å². The fourth-order valence-electron chi connectivity index (χ4n) is 5.86. The van der Waals surface area contributed by atoms with E-state index in [9.17, 15) is 10.5 Å². The maximum atomic E-state index is 9.58. The molecule has 36 heavy (non-hydrogen) atoms. The monoisotopic (exact) mass is 473 g/mol. The van der Waals surface area contributed by atoms with E-state index in [1.165, 1.54) is 31.3 Å². The highest BCUT2D eigenvalue weighted by Crippen LogP contribution is 2.45. The van der Waals surface area contributed by atoms with E-state index in [2.05, 4.69) is 83.3 Å². The van der Waals surface area contributed by atoms with Crippen molar-refractivity contribution in [2.24, 2.45) is 0 Å². The van der Waals surface area contributed by atoms with Crippen LogP contribution in [0.3, 0.4) is 0 Å². The number of nitrogens with zero attached hydrogens (tertiary/aromatic N) is 3. The molecule has 0 saturated heterocycles. The quantitative estimate of drug-likeness (QED) is 0.240. The second-order valence-electron chi connectivity index (χ2n) is 9.22. The number of hydrogen-bond acceptors (Lipinski definition) is 3.